The lowest BCUT2D eigenvalue weighted by molar-refractivity contribution is -0.148. The van der Waals surface area contributed by atoms with E-state index in [1.54, 1.807) is 0 Å². The molecule has 5 heteroatoms. The van der Waals surface area contributed by atoms with Crippen LogP contribution in [0.25, 0.3) is 0 Å². The number of anilines is 1. The Balaban J connectivity index is 2.21. The molecule has 0 saturated carbocycles. The maximum Gasteiger partial charge on any atom is 0.327 e. The van der Waals surface area contributed by atoms with Crippen LogP contribution in [0.2, 0.25) is 0 Å². The molecular formula is C16H22N2O3. The van der Waals surface area contributed by atoms with Crippen LogP contribution < -0.4 is 5.32 Å². The molecule has 1 saturated heterocycles. The molecule has 21 heavy (non-hydrogen) atoms. The van der Waals surface area contributed by atoms with Gasteiger partial charge in [-0.3, -0.25) is 0 Å². The van der Waals surface area contributed by atoms with Gasteiger partial charge in [-0.1, -0.05) is 32.0 Å². The first-order chi connectivity index (χ1) is 9.83. The highest BCUT2D eigenvalue weighted by atomic mass is 16.4. The summed E-state index contributed by atoms with van der Waals surface area (Å²) in [4.78, 5) is 25.5. The second-order valence-corrected chi connectivity index (χ2v) is 6.27. The third kappa shape index (κ3) is 3.17. The van der Waals surface area contributed by atoms with Gasteiger partial charge >= 0.3 is 12.0 Å². The van der Waals surface area contributed by atoms with Gasteiger partial charge in [0.15, 0.2) is 0 Å². The van der Waals surface area contributed by atoms with Crippen LogP contribution in [0.1, 0.15) is 32.3 Å². The summed E-state index contributed by atoms with van der Waals surface area (Å²) >= 11 is 0. The Hall–Kier alpha value is -2.04. The first-order valence-electron chi connectivity index (χ1n) is 7.19. The number of benzene rings is 1. The van der Waals surface area contributed by atoms with Crippen LogP contribution in [0.5, 0.6) is 0 Å². The minimum Gasteiger partial charge on any atom is -0.480 e. The molecule has 1 heterocycles. The van der Waals surface area contributed by atoms with E-state index in [4.69, 9.17) is 0 Å². The second kappa shape index (κ2) is 5.76. The van der Waals surface area contributed by atoms with E-state index in [1.165, 1.54) is 4.90 Å². The maximum atomic E-state index is 12.5. The Morgan fingerprint density at radius 1 is 1.33 bits per heavy atom. The van der Waals surface area contributed by atoms with E-state index in [0.717, 1.165) is 24.1 Å². The second-order valence-electron chi connectivity index (χ2n) is 6.27. The lowest BCUT2D eigenvalue weighted by Crippen LogP contribution is -2.57. The molecule has 0 aliphatic carbocycles. The summed E-state index contributed by atoms with van der Waals surface area (Å²) in [6.07, 6.45) is 1.62. The normalized spacial score (nSPS) is 20.9. The molecule has 0 aromatic heterocycles. The average molecular weight is 290 g/mol. The number of carbonyl (C=O) groups excluding carboxylic acids is 1. The van der Waals surface area contributed by atoms with Crippen molar-refractivity contribution in [3.8, 4) is 0 Å². The molecule has 0 radical (unpaired) electrons. The van der Waals surface area contributed by atoms with Crippen molar-refractivity contribution >= 4 is 17.7 Å². The Labute approximate surface area is 125 Å². The SMILES string of the molecule is Cc1ccccc1NC(=O)N1CCCC(C)(C)C1C(=O)O. The summed E-state index contributed by atoms with van der Waals surface area (Å²) in [7, 11) is 0. The number of hydrogen-bond donors (Lipinski definition) is 2. The highest BCUT2D eigenvalue weighted by Gasteiger charge is 2.44. The predicted molar refractivity (Wildman–Crippen MR) is 81.3 cm³/mol. The van der Waals surface area contributed by atoms with Gasteiger partial charge in [-0.15, -0.1) is 0 Å². The Morgan fingerprint density at radius 3 is 2.62 bits per heavy atom. The van der Waals surface area contributed by atoms with Crippen LogP contribution in [-0.2, 0) is 4.79 Å². The van der Waals surface area contributed by atoms with Crippen LogP contribution >= 0.6 is 0 Å². The van der Waals surface area contributed by atoms with Crippen molar-refractivity contribution in [2.75, 3.05) is 11.9 Å². The zero-order valence-electron chi connectivity index (χ0n) is 12.7. The molecular weight excluding hydrogens is 268 g/mol. The van der Waals surface area contributed by atoms with Crippen molar-refractivity contribution in [1.82, 2.24) is 4.90 Å². The van der Waals surface area contributed by atoms with Crippen LogP contribution in [-0.4, -0.2) is 34.6 Å². The van der Waals surface area contributed by atoms with Crippen molar-refractivity contribution in [3.05, 3.63) is 29.8 Å². The highest BCUT2D eigenvalue weighted by molar-refractivity contribution is 5.93. The molecule has 2 N–H and O–H groups in total. The quantitative estimate of drug-likeness (QED) is 0.879. The number of hydrogen-bond acceptors (Lipinski definition) is 2. The molecule has 0 bridgehead atoms. The van der Waals surface area contributed by atoms with Gasteiger partial charge in [-0.25, -0.2) is 9.59 Å². The predicted octanol–water partition coefficient (Wildman–Crippen LogP) is 3.10. The van der Waals surface area contributed by atoms with Gasteiger partial charge in [0.05, 0.1) is 0 Å². The van der Waals surface area contributed by atoms with Crippen molar-refractivity contribution in [1.29, 1.82) is 0 Å². The van der Waals surface area contributed by atoms with Gasteiger partial charge in [-0.05, 0) is 36.8 Å². The van der Waals surface area contributed by atoms with E-state index in [-0.39, 0.29) is 6.03 Å². The molecule has 114 valence electrons. The van der Waals surface area contributed by atoms with Gasteiger partial charge in [0.25, 0.3) is 0 Å². The summed E-state index contributed by atoms with van der Waals surface area (Å²) in [6.45, 7) is 6.18. The summed E-state index contributed by atoms with van der Waals surface area (Å²) in [5, 5.41) is 12.3. The van der Waals surface area contributed by atoms with E-state index in [1.807, 2.05) is 45.0 Å². The molecule has 1 aromatic rings. The van der Waals surface area contributed by atoms with E-state index >= 15 is 0 Å². The number of nitrogens with one attached hydrogen (secondary N) is 1. The number of nitrogens with zero attached hydrogens (tertiary/aromatic N) is 1. The third-order valence-electron chi connectivity index (χ3n) is 4.15. The molecule has 2 amide bonds. The zero-order chi connectivity index (χ0) is 15.6. The Kier molecular flexibility index (Phi) is 4.21. The van der Waals surface area contributed by atoms with Gasteiger partial charge in [0, 0.05) is 12.2 Å². The lowest BCUT2D eigenvalue weighted by Gasteiger charge is -2.43. The molecule has 5 nitrogen and oxygen atoms in total. The molecule has 1 aliphatic heterocycles. The van der Waals surface area contributed by atoms with E-state index in [0.29, 0.717) is 6.54 Å². The zero-order valence-corrected chi connectivity index (χ0v) is 12.7. The molecule has 1 unspecified atom stereocenters. The fourth-order valence-electron chi connectivity index (χ4n) is 2.98. The number of likely N-dealkylation sites (tertiary alicyclic amines) is 1. The number of aryl methyl sites for hydroxylation is 1. The number of urea groups is 1. The first kappa shape index (κ1) is 15.4. The molecule has 1 fully saturated rings. The fourth-order valence-corrected chi connectivity index (χ4v) is 2.98. The number of aliphatic carboxylic acids is 1. The van der Waals surface area contributed by atoms with Gasteiger partial charge in [0.1, 0.15) is 6.04 Å². The van der Waals surface area contributed by atoms with Gasteiger partial charge < -0.3 is 15.3 Å². The van der Waals surface area contributed by atoms with Gasteiger partial charge in [0.2, 0.25) is 0 Å². The number of carboxylic acid groups (broad SMARTS) is 1. The van der Waals surface area contributed by atoms with Crippen LogP contribution in [0.3, 0.4) is 0 Å². The fraction of sp³-hybridized carbons (Fsp3) is 0.500. The molecule has 1 aromatic carbocycles. The Morgan fingerprint density at radius 2 is 2.00 bits per heavy atom. The molecule has 2 rings (SSSR count). The van der Waals surface area contributed by atoms with Crippen LogP contribution in [0.15, 0.2) is 24.3 Å². The smallest absolute Gasteiger partial charge is 0.327 e. The number of para-hydroxylation sites is 1. The van der Waals surface area contributed by atoms with E-state index in [9.17, 15) is 14.7 Å². The number of carboxylic acids is 1. The highest BCUT2D eigenvalue weighted by Crippen LogP contribution is 2.35. The minimum absolute atomic E-state index is 0.343. The average Bonchev–Trinajstić information content (AvgIpc) is 2.39. The third-order valence-corrected chi connectivity index (χ3v) is 4.15. The monoisotopic (exact) mass is 290 g/mol. The maximum absolute atomic E-state index is 12.5. The Bertz CT molecular complexity index is 554. The molecule has 1 aliphatic rings. The standard InChI is InChI=1S/C16H22N2O3/c1-11-7-4-5-8-12(11)17-15(21)18-10-6-9-16(2,3)13(18)14(19)20/h4-5,7-8,13H,6,9-10H2,1-3H3,(H,17,21)(H,19,20). The van der Waals surface area contributed by atoms with E-state index < -0.39 is 17.4 Å². The van der Waals surface area contributed by atoms with Gasteiger partial charge in [-0.2, -0.15) is 0 Å². The summed E-state index contributed by atoms with van der Waals surface area (Å²) < 4.78 is 0. The van der Waals surface area contributed by atoms with Crippen LogP contribution in [0.4, 0.5) is 10.5 Å². The van der Waals surface area contributed by atoms with Crippen molar-refractivity contribution < 1.29 is 14.7 Å². The number of piperidine rings is 1. The number of amides is 2. The van der Waals surface area contributed by atoms with Crippen LogP contribution in [0, 0.1) is 12.3 Å². The number of rotatable bonds is 2. The van der Waals surface area contributed by atoms with Crippen molar-refractivity contribution in [2.24, 2.45) is 5.41 Å². The summed E-state index contributed by atoms with van der Waals surface area (Å²) in [5.41, 5.74) is 1.25. The number of carbonyl (C=O) groups is 2. The lowest BCUT2D eigenvalue weighted by atomic mass is 9.76. The first-order valence-corrected chi connectivity index (χ1v) is 7.19. The summed E-state index contributed by atoms with van der Waals surface area (Å²) in [5.74, 6) is -0.945. The van der Waals surface area contributed by atoms with E-state index in [2.05, 4.69) is 5.32 Å². The molecule has 1 atom stereocenters. The topological polar surface area (TPSA) is 69.6 Å². The molecule has 0 spiro atoms. The van der Waals surface area contributed by atoms with Crippen molar-refractivity contribution in [2.45, 2.75) is 39.7 Å². The largest absolute Gasteiger partial charge is 0.480 e. The van der Waals surface area contributed by atoms with Crippen molar-refractivity contribution in [3.63, 3.8) is 0 Å². The minimum atomic E-state index is -0.945. The summed E-state index contributed by atoms with van der Waals surface area (Å²) in [6, 6.07) is 6.33.